The molecule has 7 heteroatoms. The molecule has 0 saturated heterocycles. The first-order valence-corrected chi connectivity index (χ1v) is 8.33. The number of carbonyl (C=O) groups excluding carboxylic acids is 2. The fourth-order valence-electron chi connectivity index (χ4n) is 2.28. The summed E-state index contributed by atoms with van der Waals surface area (Å²) < 4.78 is 0. The van der Waals surface area contributed by atoms with E-state index in [-0.39, 0.29) is 18.2 Å². The van der Waals surface area contributed by atoms with Crippen molar-refractivity contribution < 1.29 is 9.59 Å². The van der Waals surface area contributed by atoms with Crippen molar-refractivity contribution in [3.63, 3.8) is 0 Å². The molecule has 2 aromatic heterocycles. The van der Waals surface area contributed by atoms with Gasteiger partial charge in [0, 0.05) is 44.6 Å². The van der Waals surface area contributed by atoms with E-state index < -0.39 is 0 Å². The molecule has 0 bridgehead atoms. The van der Waals surface area contributed by atoms with Gasteiger partial charge in [0.15, 0.2) is 0 Å². The van der Waals surface area contributed by atoms with Crippen molar-refractivity contribution >= 4 is 11.8 Å². The number of aromatic nitrogens is 3. The smallest absolute Gasteiger partial charge is 0.274 e. The van der Waals surface area contributed by atoms with Crippen molar-refractivity contribution in [3.05, 3.63) is 53.9 Å². The molecule has 0 aliphatic rings. The zero-order valence-corrected chi connectivity index (χ0v) is 14.6. The number of rotatable bonds is 8. The quantitative estimate of drug-likeness (QED) is 0.790. The van der Waals surface area contributed by atoms with Crippen molar-refractivity contribution in [1.29, 1.82) is 0 Å². The summed E-state index contributed by atoms with van der Waals surface area (Å²) in [6, 6.07) is 3.70. The zero-order valence-electron chi connectivity index (χ0n) is 14.6. The largest absolute Gasteiger partial charge is 0.352 e. The van der Waals surface area contributed by atoms with Crippen molar-refractivity contribution in [2.45, 2.75) is 33.2 Å². The van der Waals surface area contributed by atoms with Crippen LogP contribution >= 0.6 is 0 Å². The molecule has 0 aliphatic heterocycles. The third-order valence-corrected chi connectivity index (χ3v) is 3.63. The number of carbonyl (C=O) groups is 2. The predicted octanol–water partition coefficient (Wildman–Crippen LogP) is 1.74. The Morgan fingerprint density at radius 1 is 1.12 bits per heavy atom. The van der Waals surface area contributed by atoms with Gasteiger partial charge in [-0.25, -0.2) is 4.98 Å². The number of amides is 2. The molecule has 7 nitrogen and oxygen atoms in total. The maximum Gasteiger partial charge on any atom is 0.274 e. The number of nitrogens with one attached hydrogen (secondary N) is 1. The molecular weight excluding hydrogens is 318 g/mol. The van der Waals surface area contributed by atoms with Gasteiger partial charge in [0.05, 0.1) is 11.9 Å². The summed E-state index contributed by atoms with van der Waals surface area (Å²) in [7, 11) is 0. The molecule has 0 aromatic carbocycles. The number of hydrogen-bond donors (Lipinski definition) is 1. The van der Waals surface area contributed by atoms with Gasteiger partial charge in [0.2, 0.25) is 5.91 Å². The Morgan fingerprint density at radius 3 is 2.52 bits per heavy atom. The summed E-state index contributed by atoms with van der Waals surface area (Å²) in [6.45, 7) is 5.19. The van der Waals surface area contributed by atoms with E-state index >= 15 is 0 Å². The van der Waals surface area contributed by atoms with Gasteiger partial charge >= 0.3 is 0 Å². The SMILES string of the molecule is CCCN(CCC(=O)NCc1ccncc1)C(=O)c1cnc(C)cn1. The maximum absolute atomic E-state index is 12.5. The molecule has 2 rings (SSSR count). The Bertz CT molecular complexity index is 688. The topological polar surface area (TPSA) is 88.1 Å². The molecule has 0 unspecified atom stereocenters. The van der Waals surface area contributed by atoms with Crippen molar-refractivity contribution in [1.82, 2.24) is 25.2 Å². The van der Waals surface area contributed by atoms with E-state index in [1.807, 2.05) is 26.0 Å². The van der Waals surface area contributed by atoms with E-state index in [0.717, 1.165) is 17.7 Å². The highest BCUT2D eigenvalue weighted by Gasteiger charge is 2.17. The van der Waals surface area contributed by atoms with E-state index in [2.05, 4.69) is 20.3 Å². The second-order valence-corrected chi connectivity index (χ2v) is 5.72. The average molecular weight is 341 g/mol. The van der Waals surface area contributed by atoms with Gasteiger partial charge in [-0.2, -0.15) is 0 Å². The van der Waals surface area contributed by atoms with Gasteiger partial charge in [-0.1, -0.05) is 6.92 Å². The Kier molecular flexibility index (Phi) is 7.00. The van der Waals surface area contributed by atoms with Crippen LogP contribution in [0.3, 0.4) is 0 Å². The fraction of sp³-hybridized carbons (Fsp3) is 0.389. The summed E-state index contributed by atoms with van der Waals surface area (Å²) in [4.78, 5) is 38.4. The van der Waals surface area contributed by atoms with Crippen LogP contribution in [-0.4, -0.2) is 44.8 Å². The zero-order chi connectivity index (χ0) is 18.1. The normalized spacial score (nSPS) is 10.3. The van der Waals surface area contributed by atoms with E-state index in [0.29, 0.717) is 25.3 Å². The van der Waals surface area contributed by atoms with Crippen LogP contribution in [0.1, 0.15) is 41.5 Å². The summed E-state index contributed by atoms with van der Waals surface area (Å²) in [5, 5.41) is 2.85. The summed E-state index contributed by atoms with van der Waals surface area (Å²) in [5.41, 5.74) is 2.05. The molecule has 0 fully saturated rings. The Labute approximate surface area is 147 Å². The van der Waals surface area contributed by atoms with Crippen LogP contribution in [0.5, 0.6) is 0 Å². The van der Waals surface area contributed by atoms with Crippen LogP contribution < -0.4 is 5.32 Å². The molecule has 0 spiro atoms. The number of hydrogen-bond acceptors (Lipinski definition) is 5. The first-order chi connectivity index (χ1) is 12.1. The second kappa shape index (κ2) is 9.46. The minimum absolute atomic E-state index is 0.0966. The summed E-state index contributed by atoms with van der Waals surface area (Å²) in [6.07, 6.45) is 7.47. The van der Waals surface area contributed by atoms with E-state index in [1.165, 1.54) is 6.20 Å². The molecule has 2 aromatic rings. The minimum Gasteiger partial charge on any atom is -0.352 e. The molecule has 25 heavy (non-hydrogen) atoms. The highest BCUT2D eigenvalue weighted by atomic mass is 16.2. The second-order valence-electron chi connectivity index (χ2n) is 5.72. The fourth-order valence-corrected chi connectivity index (χ4v) is 2.28. The van der Waals surface area contributed by atoms with Gasteiger partial charge in [0.1, 0.15) is 5.69 Å². The van der Waals surface area contributed by atoms with Gasteiger partial charge in [0.25, 0.3) is 5.91 Å². The van der Waals surface area contributed by atoms with Crippen molar-refractivity contribution in [3.8, 4) is 0 Å². The predicted molar refractivity (Wildman–Crippen MR) is 93.7 cm³/mol. The van der Waals surface area contributed by atoms with Crippen LogP contribution in [0, 0.1) is 6.92 Å². The van der Waals surface area contributed by atoms with Gasteiger partial charge in [-0.3, -0.25) is 19.6 Å². The molecule has 0 aliphatic carbocycles. The highest BCUT2D eigenvalue weighted by Crippen LogP contribution is 2.04. The van der Waals surface area contributed by atoms with Crippen molar-refractivity contribution in [2.75, 3.05) is 13.1 Å². The maximum atomic E-state index is 12.5. The van der Waals surface area contributed by atoms with Gasteiger partial charge in [-0.05, 0) is 31.0 Å². The lowest BCUT2D eigenvalue weighted by molar-refractivity contribution is -0.121. The van der Waals surface area contributed by atoms with E-state index in [4.69, 9.17) is 0 Å². The monoisotopic (exact) mass is 341 g/mol. The van der Waals surface area contributed by atoms with E-state index in [1.54, 1.807) is 23.5 Å². The van der Waals surface area contributed by atoms with Crippen LogP contribution in [0.15, 0.2) is 36.9 Å². The molecule has 0 radical (unpaired) electrons. The molecule has 2 heterocycles. The number of nitrogens with zero attached hydrogens (tertiary/aromatic N) is 4. The van der Waals surface area contributed by atoms with Gasteiger partial charge in [-0.15, -0.1) is 0 Å². The lowest BCUT2D eigenvalue weighted by Gasteiger charge is -2.21. The standard InChI is InChI=1S/C18H23N5O2/c1-3-9-23(18(25)16-13-20-14(2)11-21-16)10-6-17(24)22-12-15-4-7-19-8-5-15/h4-5,7-8,11,13H,3,6,9-10,12H2,1-2H3,(H,22,24). The third kappa shape index (κ3) is 5.95. The minimum atomic E-state index is -0.198. The summed E-state index contributed by atoms with van der Waals surface area (Å²) in [5.74, 6) is -0.294. The average Bonchev–Trinajstić information content (AvgIpc) is 2.64. The lowest BCUT2D eigenvalue weighted by Crippen LogP contribution is -2.36. The Morgan fingerprint density at radius 2 is 1.88 bits per heavy atom. The number of pyridine rings is 1. The molecule has 0 atom stereocenters. The third-order valence-electron chi connectivity index (χ3n) is 3.63. The Balaban J connectivity index is 1.86. The number of aryl methyl sites for hydroxylation is 1. The molecular formula is C18H23N5O2. The van der Waals surface area contributed by atoms with Crippen LogP contribution in [0.25, 0.3) is 0 Å². The molecule has 132 valence electrons. The molecule has 1 N–H and O–H groups in total. The van der Waals surface area contributed by atoms with Crippen molar-refractivity contribution in [2.24, 2.45) is 0 Å². The molecule has 0 saturated carbocycles. The highest BCUT2D eigenvalue weighted by molar-refractivity contribution is 5.92. The molecule has 2 amide bonds. The van der Waals surface area contributed by atoms with Crippen LogP contribution in [0.2, 0.25) is 0 Å². The van der Waals surface area contributed by atoms with Gasteiger partial charge < -0.3 is 10.2 Å². The van der Waals surface area contributed by atoms with Crippen LogP contribution in [-0.2, 0) is 11.3 Å². The lowest BCUT2D eigenvalue weighted by atomic mass is 10.2. The first kappa shape index (κ1) is 18.5. The first-order valence-electron chi connectivity index (χ1n) is 8.33. The van der Waals surface area contributed by atoms with Crippen LogP contribution in [0.4, 0.5) is 0 Å². The Hall–Kier alpha value is -2.83. The summed E-state index contributed by atoms with van der Waals surface area (Å²) >= 11 is 0. The van der Waals surface area contributed by atoms with E-state index in [9.17, 15) is 9.59 Å².